The van der Waals surface area contributed by atoms with E-state index < -0.39 is 6.09 Å². The summed E-state index contributed by atoms with van der Waals surface area (Å²) in [4.78, 5) is 11.3. The van der Waals surface area contributed by atoms with Crippen molar-refractivity contribution in [3.05, 3.63) is 30.3 Å². The third kappa shape index (κ3) is 3.99. The summed E-state index contributed by atoms with van der Waals surface area (Å²) in [5.41, 5.74) is 0. The van der Waals surface area contributed by atoms with Crippen LogP contribution in [0.2, 0.25) is 0 Å². The zero-order valence-electron chi connectivity index (χ0n) is 8.64. The number of ether oxygens (including phenoxy) is 1. The molecule has 1 rings (SSSR count). The highest BCUT2D eigenvalue weighted by Crippen LogP contribution is 2.08. The average molecular weight is 209 g/mol. The van der Waals surface area contributed by atoms with Gasteiger partial charge in [-0.15, -0.1) is 0 Å². The Balaban J connectivity index is 2.43. The molecule has 0 fully saturated rings. The zero-order chi connectivity index (χ0) is 11.1. The van der Waals surface area contributed by atoms with Crippen molar-refractivity contribution in [3.8, 4) is 5.75 Å². The van der Waals surface area contributed by atoms with E-state index in [4.69, 9.17) is 9.84 Å². The van der Waals surface area contributed by atoms with Crippen molar-refractivity contribution >= 4 is 6.09 Å². The molecular formula is C11H15NO3. The van der Waals surface area contributed by atoms with E-state index in [-0.39, 0.29) is 12.6 Å². The smallest absolute Gasteiger partial charge is 0.410 e. The summed E-state index contributed by atoms with van der Waals surface area (Å²) in [5, 5.41) is 11.4. The van der Waals surface area contributed by atoms with E-state index in [0.29, 0.717) is 12.2 Å². The van der Waals surface area contributed by atoms with Crippen molar-refractivity contribution in [2.75, 3.05) is 6.61 Å². The Kier molecular flexibility index (Phi) is 4.63. The number of rotatable bonds is 4. The van der Waals surface area contributed by atoms with E-state index >= 15 is 0 Å². The van der Waals surface area contributed by atoms with E-state index in [0.717, 1.165) is 0 Å². The first-order chi connectivity index (χ1) is 7.26. The Bertz CT molecular complexity index is 296. The third-order valence-electron chi connectivity index (χ3n) is 1.99. The minimum atomic E-state index is -0.540. The van der Waals surface area contributed by atoms with Gasteiger partial charge in [0.15, 0.2) is 0 Å². The number of amides is 1. The summed E-state index contributed by atoms with van der Waals surface area (Å²) in [6.07, 6.45) is 0.127. The van der Waals surface area contributed by atoms with Crippen LogP contribution in [0.5, 0.6) is 5.75 Å². The molecule has 4 nitrogen and oxygen atoms in total. The van der Waals surface area contributed by atoms with Gasteiger partial charge < -0.3 is 15.2 Å². The SMILES string of the molecule is CC[C@H](CO)NC(=O)Oc1ccccc1. The molecule has 4 heteroatoms. The van der Waals surface area contributed by atoms with Crippen LogP contribution in [-0.4, -0.2) is 23.8 Å². The predicted octanol–water partition coefficient (Wildman–Crippen LogP) is 1.55. The van der Waals surface area contributed by atoms with Crippen LogP contribution in [0.4, 0.5) is 4.79 Å². The fourth-order valence-electron chi connectivity index (χ4n) is 1.07. The lowest BCUT2D eigenvalue weighted by Gasteiger charge is -2.13. The summed E-state index contributed by atoms with van der Waals surface area (Å²) in [5.74, 6) is 0.489. The van der Waals surface area contributed by atoms with Gasteiger partial charge in [-0.3, -0.25) is 0 Å². The Hall–Kier alpha value is -1.55. The molecule has 0 aromatic heterocycles. The lowest BCUT2D eigenvalue weighted by Crippen LogP contribution is -2.38. The van der Waals surface area contributed by atoms with Gasteiger partial charge in [-0.1, -0.05) is 25.1 Å². The van der Waals surface area contributed by atoms with Crippen LogP contribution in [-0.2, 0) is 0 Å². The van der Waals surface area contributed by atoms with Crippen LogP contribution in [0.15, 0.2) is 30.3 Å². The van der Waals surface area contributed by atoms with Crippen molar-refractivity contribution in [2.45, 2.75) is 19.4 Å². The largest absolute Gasteiger partial charge is 0.412 e. The molecule has 0 unspecified atom stereocenters. The van der Waals surface area contributed by atoms with E-state index in [1.807, 2.05) is 13.0 Å². The van der Waals surface area contributed by atoms with Crippen LogP contribution >= 0.6 is 0 Å². The number of carbonyl (C=O) groups excluding carboxylic acids is 1. The van der Waals surface area contributed by atoms with E-state index in [2.05, 4.69) is 5.32 Å². The number of aliphatic hydroxyl groups is 1. The van der Waals surface area contributed by atoms with Crippen LogP contribution in [0, 0.1) is 0 Å². The maximum absolute atomic E-state index is 11.3. The predicted molar refractivity (Wildman–Crippen MR) is 56.8 cm³/mol. The quantitative estimate of drug-likeness (QED) is 0.790. The van der Waals surface area contributed by atoms with Gasteiger partial charge >= 0.3 is 6.09 Å². The normalized spacial score (nSPS) is 11.9. The first kappa shape index (κ1) is 11.5. The molecule has 2 N–H and O–H groups in total. The van der Waals surface area contributed by atoms with Gasteiger partial charge in [-0.05, 0) is 18.6 Å². The molecule has 0 aliphatic heterocycles. The summed E-state index contributed by atoms with van der Waals surface area (Å²) in [6, 6.07) is 8.55. The molecule has 0 spiro atoms. The number of para-hydroxylation sites is 1. The maximum atomic E-state index is 11.3. The third-order valence-corrected chi connectivity index (χ3v) is 1.99. The van der Waals surface area contributed by atoms with Crippen LogP contribution < -0.4 is 10.1 Å². The number of hydrogen-bond donors (Lipinski definition) is 2. The second-order valence-corrected chi connectivity index (χ2v) is 3.13. The van der Waals surface area contributed by atoms with Crippen LogP contribution in [0.1, 0.15) is 13.3 Å². The molecule has 0 saturated heterocycles. The van der Waals surface area contributed by atoms with Gasteiger partial charge in [-0.2, -0.15) is 0 Å². The molecule has 1 amide bonds. The topological polar surface area (TPSA) is 58.6 Å². The highest BCUT2D eigenvalue weighted by Gasteiger charge is 2.10. The summed E-state index contributed by atoms with van der Waals surface area (Å²) < 4.78 is 4.99. The fraction of sp³-hybridized carbons (Fsp3) is 0.364. The Morgan fingerprint density at radius 1 is 1.47 bits per heavy atom. The molecular weight excluding hydrogens is 194 g/mol. The summed E-state index contributed by atoms with van der Waals surface area (Å²) in [6.45, 7) is 1.80. The second kappa shape index (κ2) is 6.03. The van der Waals surface area contributed by atoms with E-state index in [1.165, 1.54) is 0 Å². The Morgan fingerprint density at radius 2 is 2.13 bits per heavy atom. The molecule has 0 aliphatic carbocycles. The van der Waals surface area contributed by atoms with Gasteiger partial charge in [0.25, 0.3) is 0 Å². The lowest BCUT2D eigenvalue weighted by atomic mass is 10.2. The average Bonchev–Trinajstić information content (AvgIpc) is 2.27. The molecule has 0 radical (unpaired) electrons. The second-order valence-electron chi connectivity index (χ2n) is 3.13. The standard InChI is InChI=1S/C11H15NO3/c1-2-9(8-13)12-11(14)15-10-6-4-3-5-7-10/h3-7,9,13H,2,8H2,1H3,(H,12,14)/t9-/m1/s1. The number of nitrogens with one attached hydrogen (secondary N) is 1. The Morgan fingerprint density at radius 3 is 2.67 bits per heavy atom. The van der Waals surface area contributed by atoms with Crippen molar-refractivity contribution in [1.82, 2.24) is 5.32 Å². The first-order valence-electron chi connectivity index (χ1n) is 4.90. The van der Waals surface area contributed by atoms with Crippen molar-refractivity contribution in [2.24, 2.45) is 0 Å². The van der Waals surface area contributed by atoms with Gasteiger partial charge in [0.2, 0.25) is 0 Å². The van der Waals surface area contributed by atoms with Gasteiger partial charge in [0, 0.05) is 0 Å². The first-order valence-corrected chi connectivity index (χ1v) is 4.90. The molecule has 0 heterocycles. The van der Waals surface area contributed by atoms with Gasteiger partial charge in [0.05, 0.1) is 12.6 Å². The maximum Gasteiger partial charge on any atom is 0.412 e. The van der Waals surface area contributed by atoms with Crippen molar-refractivity contribution < 1.29 is 14.6 Å². The van der Waals surface area contributed by atoms with Crippen LogP contribution in [0.3, 0.4) is 0 Å². The molecule has 82 valence electrons. The fourth-order valence-corrected chi connectivity index (χ4v) is 1.07. The molecule has 1 aromatic rings. The van der Waals surface area contributed by atoms with Gasteiger partial charge in [0.1, 0.15) is 5.75 Å². The van der Waals surface area contributed by atoms with Crippen molar-refractivity contribution in [3.63, 3.8) is 0 Å². The van der Waals surface area contributed by atoms with E-state index in [1.54, 1.807) is 24.3 Å². The number of carbonyl (C=O) groups is 1. The highest BCUT2D eigenvalue weighted by atomic mass is 16.6. The Labute approximate surface area is 88.9 Å². The summed E-state index contributed by atoms with van der Waals surface area (Å²) >= 11 is 0. The minimum absolute atomic E-state index is 0.0829. The van der Waals surface area contributed by atoms with Crippen molar-refractivity contribution in [1.29, 1.82) is 0 Å². The molecule has 0 bridgehead atoms. The monoisotopic (exact) mass is 209 g/mol. The van der Waals surface area contributed by atoms with Gasteiger partial charge in [-0.25, -0.2) is 4.79 Å². The molecule has 1 aromatic carbocycles. The number of benzene rings is 1. The zero-order valence-corrected chi connectivity index (χ0v) is 8.64. The molecule has 15 heavy (non-hydrogen) atoms. The van der Waals surface area contributed by atoms with Crippen LogP contribution in [0.25, 0.3) is 0 Å². The minimum Gasteiger partial charge on any atom is -0.410 e. The number of hydrogen-bond acceptors (Lipinski definition) is 3. The molecule has 0 aliphatic rings. The highest BCUT2D eigenvalue weighted by molar-refractivity contribution is 5.70. The van der Waals surface area contributed by atoms with E-state index in [9.17, 15) is 4.79 Å². The number of aliphatic hydroxyl groups excluding tert-OH is 1. The molecule has 1 atom stereocenters. The molecule has 0 saturated carbocycles. The summed E-state index contributed by atoms with van der Waals surface area (Å²) in [7, 11) is 0. The lowest BCUT2D eigenvalue weighted by molar-refractivity contribution is 0.182.